The molecule has 0 aliphatic rings. The summed E-state index contributed by atoms with van der Waals surface area (Å²) in [6.07, 6.45) is 4.67. The topological polar surface area (TPSA) is 0 Å². The highest BCUT2D eigenvalue weighted by Gasteiger charge is 1.99. The van der Waals surface area contributed by atoms with Gasteiger partial charge in [0.25, 0.3) is 0 Å². The Morgan fingerprint density at radius 1 is 1.75 bits per heavy atom. The van der Waals surface area contributed by atoms with Crippen molar-refractivity contribution in [3.8, 4) is 0 Å². The van der Waals surface area contributed by atoms with Gasteiger partial charge in [-0.05, 0) is 12.3 Å². The van der Waals surface area contributed by atoms with Gasteiger partial charge in [-0.25, -0.2) is 0 Å². The molecule has 45 valence electrons. The summed E-state index contributed by atoms with van der Waals surface area (Å²) in [5.74, 6) is 1.38. The van der Waals surface area contributed by atoms with E-state index >= 15 is 0 Å². The Kier molecular flexibility index (Phi) is 4.53. The van der Waals surface area contributed by atoms with E-state index in [1.165, 1.54) is 5.92 Å². The second-order valence-electron chi connectivity index (χ2n) is 1.74. The fraction of sp³-hybridized carbons (Fsp3) is 0.375. The molecule has 1 radical (unpaired) electrons. The summed E-state index contributed by atoms with van der Waals surface area (Å²) in [5.41, 5.74) is 0. The van der Waals surface area contributed by atoms with Crippen molar-refractivity contribution in [3.63, 3.8) is 0 Å². The number of hydrogen-bond donors (Lipinski definition) is 0. The quantitative estimate of drug-likeness (QED) is 0.384. The van der Waals surface area contributed by atoms with Crippen LogP contribution >= 0.6 is 0 Å². The van der Waals surface area contributed by atoms with Crippen molar-refractivity contribution in [1.82, 2.24) is 0 Å². The molecule has 0 aromatic rings. The van der Waals surface area contributed by atoms with Crippen molar-refractivity contribution in [1.29, 1.82) is 0 Å². The van der Waals surface area contributed by atoms with Gasteiger partial charge in [0.05, 0.1) is 13.3 Å². The summed E-state index contributed by atoms with van der Waals surface area (Å²) < 4.78 is 0. The molecule has 0 nitrogen and oxygen atoms in total. The highest BCUT2D eigenvalue weighted by molar-refractivity contribution is 4.96. The van der Waals surface area contributed by atoms with Crippen molar-refractivity contribution < 1.29 is 0 Å². The molecule has 0 saturated heterocycles. The molecule has 0 unspecified atom stereocenters. The lowest BCUT2D eigenvalue weighted by molar-refractivity contribution is 0.843. The lowest BCUT2D eigenvalue weighted by atomic mass is 10.00. The third kappa shape index (κ3) is 2.73. The van der Waals surface area contributed by atoms with Gasteiger partial charge in [0, 0.05) is 0 Å². The van der Waals surface area contributed by atoms with Gasteiger partial charge in [-0.2, -0.15) is 6.42 Å². The molecule has 8 heavy (non-hydrogen) atoms. The Bertz CT molecular complexity index is 51.1. The van der Waals surface area contributed by atoms with Gasteiger partial charge >= 0.3 is 0 Å². The van der Waals surface area contributed by atoms with Crippen LogP contribution in [0.25, 0.3) is 0 Å². The molecule has 0 aliphatic carbocycles. The molecule has 0 N–H and O–H groups in total. The van der Waals surface area contributed by atoms with Gasteiger partial charge < -0.3 is 6.92 Å². The first-order valence-electron chi connectivity index (χ1n) is 2.88. The van der Waals surface area contributed by atoms with Crippen LogP contribution in [0, 0.1) is 19.8 Å². The van der Waals surface area contributed by atoms with Gasteiger partial charge in [-0.3, -0.25) is 0 Å². The maximum absolute atomic E-state index is 3.75. The second kappa shape index (κ2) is 4.76. The summed E-state index contributed by atoms with van der Waals surface area (Å²) in [5, 5.41) is 0. The average Bonchev–Trinajstić information content (AvgIpc) is 1.83. The largest absolute Gasteiger partial charge is 0.343 e. The van der Waals surface area contributed by atoms with Crippen LogP contribution in [0.1, 0.15) is 19.3 Å². The Morgan fingerprint density at radius 2 is 2.38 bits per heavy atom. The Labute approximate surface area is 52.6 Å². The highest BCUT2D eigenvalue weighted by atomic mass is 14.0. The fourth-order valence-corrected chi connectivity index (χ4v) is 0.533. The van der Waals surface area contributed by atoms with Crippen LogP contribution < -0.4 is 0 Å². The molecule has 0 amide bonds. The fourth-order valence-electron chi connectivity index (χ4n) is 0.533. The Hall–Kier alpha value is -0.390. The first kappa shape index (κ1) is 7.61. The van der Waals surface area contributed by atoms with E-state index in [0.717, 1.165) is 19.3 Å². The molecule has 0 spiro atoms. The molecule has 0 bridgehead atoms. The predicted octanol–water partition coefficient (Wildman–Crippen LogP) is 2.59. The zero-order valence-electron chi connectivity index (χ0n) is 5.32. The molecule has 0 saturated carbocycles. The van der Waals surface area contributed by atoms with Crippen LogP contribution in [-0.2, 0) is 0 Å². The standard InChI is InChI=1S/C8H13/c1-4-7-8(5-2)6-3/h4H,1-3,5-7H2. The summed E-state index contributed by atoms with van der Waals surface area (Å²) in [7, 11) is 0. The first-order valence-corrected chi connectivity index (χ1v) is 2.88. The van der Waals surface area contributed by atoms with Crippen LogP contribution in [0.5, 0.6) is 0 Å². The lowest BCUT2D eigenvalue weighted by Crippen LogP contribution is -1.89. The molecular formula is C8H13. The maximum atomic E-state index is 3.75. The van der Waals surface area contributed by atoms with Crippen LogP contribution in [-0.4, -0.2) is 0 Å². The smallest absolute Gasteiger partial charge is 0.0891 e. The highest BCUT2D eigenvalue weighted by Crippen LogP contribution is 2.13. The molecule has 0 heteroatoms. The summed E-state index contributed by atoms with van der Waals surface area (Å²) in [6.45, 7) is 11.1. The molecule has 0 aromatic heterocycles. The van der Waals surface area contributed by atoms with Crippen LogP contribution in [0.4, 0.5) is 0 Å². The zero-order chi connectivity index (χ0) is 6.41. The van der Waals surface area contributed by atoms with E-state index in [4.69, 9.17) is 0 Å². The van der Waals surface area contributed by atoms with E-state index in [-0.39, 0.29) is 0 Å². The van der Waals surface area contributed by atoms with Crippen molar-refractivity contribution in [3.05, 3.63) is 32.4 Å². The molecule has 0 atom stereocenters. The summed E-state index contributed by atoms with van der Waals surface area (Å²) in [4.78, 5) is 0. The second-order valence-corrected chi connectivity index (χ2v) is 1.74. The van der Waals surface area contributed by atoms with Crippen molar-refractivity contribution >= 4 is 0 Å². The summed E-state index contributed by atoms with van der Waals surface area (Å²) >= 11 is 0. The lowest BCUT2D eigenvalue weighted by Gasteiger charge is -2.06. The van der Waals surface area contributed by atoms with Gasteiger partial charge in [-0.15, -0.1) is 6.58 Å². The molecule has 0 heterocycles. The average molecular weight is 109 g/mol. The molecule has 0 aliphatic heterocycles. The SMILES string of the molecule is C=CC[C](C[CH2+])C[CH2-]. The van der Waals surface area contributed by atoms with Crippen LogP contribution in [0.2, 0.25) is 0 Å². The molecular weight excluding hydrogens is 96.1 g/mol. The third-order valence-corrected chi connectivity index (χ3v) is 1.14. The molecule has 0 fully saturated rings. The van der Waals surface area contributed by atoms with Gasteiger partial charge in [-0.1, -0.05) is 6.08 Å². The zero-order valence-corrected chi connectivity index (χ0v) is 5.32. The monoisotopic (exact) mass is 109 g/mol. The van der Waals surface area contributed by atoms with Crippen molar-refractivity contribution in [2.45, 2.75) is 19.3 Å². The van der Waals surface area contributed by atoms with E-state index < -0.39 is 0 Å². The van der Waals surface area contributed by atoms with Gasteiger partial charge in [0.15, 0.2) is 0 Å². The van der Waals surface area contributed by atoms with Crippen LogP contribution in [0.15, 0.2) is 12.7 Å². The predicted molar refractivity (Wildman–Crippen MR) is 38.0 cm³/mol. The third-order valence-electron chi connectivity index (χ3n) is 1.14. The first-order chi connectivity index (χ1) is 3.85. The Balaban J connectivity index is 3.20. The van der Waals surface area contributed by atoms with E-state index in [1.54, 1.807) is 0 Å². The van der Waals surface area contributed by atoms with Crippen molar-refractivity contribution in [2.24, 2.45) is 0 Å². The number of rotatable bonds is 4. The number of allylic oxidation sites excluding steroid dienone is 1. The summed E-state index contributed by atoms with van der Waals surface area (Å²) in [6, 6.07) is 0. The van der Waals surface area contributed by atoms with E-state index in [1.807, 2.05) is 6.08 Å². The van der Waals surface area contributed by atoms with Gasteiger partial charge in [0.1, 0.15) is 0 Å². The number of hydrogen-bond acceptors (Lipinski definition) is 0. The maximum Gasteiger partial charge on any atom is 0.0891 e. The van der Waals surface area contributed by atoms with E-state index in [2.05, 4.69) is 20.4 Å². The van der Waals surface area contributed by atoms with Crippen molar-refractivity contribution in [2.75, 3.05) is 0 Å². The minimum absolute atomic E-state index is 0.898. The Morgan fingerprint density at radius 3 is 2.50 bits per heavy atom. The van der Waals surface area contributed by atoms with Crippen LogP contribution in [0.3, 0.4) is 0 Å². The molecule has 0 rings (SSSR count). The minimum atomic E-state index is 0.898. The minimum Gasteiger partial charge on any atom is -0.343 e. The molecule has 0 aromatic carbocycles. The van der Waals surface area contributed by atoms with E-state index in [9.17, 15) is 0 Å². The normalized spacial score (nSPS) is 9.75. The van der Waals surface area contributed by atoms with Gasteiger partial charge in [0.2, 0.25) is 0 Å². The van der Waals surface area contributed by atoms with E-state index in [0.29, 0.717) is 0 Å².